The fourth-order valence-corrected chi connectivity index (χ4v) is 2.25. The van der Waals surface area contributed by atoms with Crippen LogP contribution < -0.4 is 0 Å². The lowest BCUT2D eigenvalue weighted by Gasteiger charge is -2.04. The van der Waals surface area contributed by atoms with Crippen LogP contribution >= 0.6 is 0 Å². The van der Waals surface area contributed by atoms with Crippen LogP contribution in [0.3, 0.4) is 0 Å². The SMILES string of the molecule is C[SH+]C[C@H]1CCN(C)C1. The first-order chi connectivity index (χ1) is 4.33. The molecule has 1 aliphatic heterocycles. The normalized spacial score (nSPS) is 29.3. The van der Waals surface area contributed by atoms with Gasteiger partial charge in [0.25, 0.3) is 0 Å². The second kappa shape index (κ2) is 3.47. The Morgan fingerprint density at radius 2 is 2.44 bits per heavy atom. The Morgan fingerprint density at radius 1 is 1.67 bits per heavy atom. The van der Waals surface area contributed by atoms with E-state index >= 15 is 0 Å². The summed E-state index contributed by atoms with van der Waals surface area (Å²) in [5, 5.41) is 0. The van der Waals surface area contributed by atoms with Gasteiger partial charge in [-0.3, -0.25) is 0 Å². The van der Waals surface area contributed by atoms with Gasteiger partial charge in [0.2, 0.25) is 0 Å². The lowest BCUT2D eigenvalue weighted by atomic mass is 10.2. The second-order valence-corrected chi connectivity index (χ2v) is 3.91. The highest BCUT2D eigenvalue weighted by Crippen LogP contribution is 2.13. The summed E-state index contributed by atoms with van der Waals surface area (Å²) >= 11 is 1.56. The first-order valence-corrected chi connectivity index (χ1v) is 5.09. The molecule has 0 aromatic rings. The fraction of sp³-hybridized carbons (Fsp3) is 1.00. The summed E-state index contributed by atoms with van der Waals surface area (Å²) in [6, 6.07) is 0. The van der Waals surface area contributed by atoms with E-state index in [4.69, 9.17) is 0 Å². The number of likely N-dealkylation sites (tertiary alicyclic amines) is 1. The Hall–Kier alpha value is 0.310. The predicted molar refractivity (Wildman–Crippen MR) is 45.2 cm³/mol. The fourth-order valence-electron chi connectivity index (χ4n) is 1.43. The zero-order valence-electron chi connectivity index (χ0n) is 6.30. The van der Waals surface area contributed by atoms with Crippen molar-refractivity contribution in [3.8, 4) is 0 Å². The molecule has 1 heterocycles. The van der Waals surface area contributed by atoms with Gasteiger partial charge < -0.3 is 4.90 Å². The highest BCUT2D eigenvalue weighted by molar-refractivity contribution is 7.77. The van der Waals surface area contributed by atoms with Crippen LogP contribution in [0, 0.1) is 5.92 Å². The second-order valence-electron chi connectivity index (χ2n) is 2.92. The van der Waals surface area contributed by atoms with Gasteiger partial charge >= 0.3 is 0 Å². The first kappa shape index (κ1) is 7.42. The molecule has 0 spiro atoms. The number of thiol groups is 1. The van der Waals surface area contributed by atoms with Crippen LogP contribution in [0.15, 0.2) is 0 Å². The molecule has 0 radical (unpaired) electrons. The smallest absolute Gasteiger partial charge is 0.109 e. The van der Waals surface area contributed by atoms with Crippen LogP contribution in [0.5, 0.6) is 0 Å². The van der Waals surface area contributed by atoms with Gasteiger partial charge in [0.15, 0.2) is 0 Å². The molecule has 1 fully saturated rings. The van der Waals surface area contributed by atoms with Crippen molar-refractivity contribution >= 4 is 11.8 Å². The first-order valence-electron chi connectivity index (χ1n) is 3.57. The number of hydrogen-bond acceptors (Lipinski definition) is 1. The minimum absolute atomic E-state index is 1.00. The average molecular weight is 146 g/mol. The molecule has 0 saturated carbocycles. The Bertz CT molecular complexity index is 83.0. The molecule has 0 N–H and O–H groups in total. The molecule has 0 bridgehead atoms. The minimum Gasteiger partial charge on any atom is -0.306 e. The summed E-state index contributed by atoms with van der Waals surface area (Å²) < 4.78 is 0. The van der Waals surface area contributed by atoms with Crippen molar-refractivity contribution in [3.63, 3.8) is 0 Å². The molecule has 0 aromatic heterocycles. The zero-order valence-corrected chi connectivity index (χ0v) is 7.19. The third kappa shape index (κ3) is 2.18. The number of rotatable bonds is 2. The van der Waals surface area contributed by atoms with Crippen molar-refractivity contribution in [1.29, 1.82) is 0 Å². The lowest BCUT2D eigenvalue weighted by molar-refractivity contribution is 0.403. The van der Waals surface area contributed by atoms with E-state index in [1.165, 1.54) is 25.3 Å². The highest BCUT2D eigenvalue weighted by Gasteiger charge is 2.20. The van der Waals surface area contributed by atoms with Gasteiger partial charge in [0.05, 0.1) is 6.26 Å². The van der Waals surface area contributed by atoms with Crippen molar-refractivity contribution in [1.82, 2.24) is 4.90 Å². The number of nitrogens with zero attached hydrogens (tertiary/aromatic N) is 1. The number of hydrogen-bond donors (Lipinski definition) is 0. The average Bonchev–Trinajstić information content (AvgIpc) is 2.17. The summed E-state index contributed by atoms with van der Waals surface area (Å²) in [4.78, 5) is 2.43. The quantitative estimate of drug-likeness (QED) is 0.402. The molecule has 1 saturated heterocycles. The van der Waals surface area contributed by atoms with E-state index in [0.29, 0.717) is 0 Å². The van der Waals surface area contributed by atoms with Gasteiger partial charge in [-0.2, -0.15) is 0 Å². The maximum atomic E-state index is 2.43. The topological polar surface area (TPSA) is 3.24 Å². The van der Waals surface area contributed by atoms with Gasteiger partial charge in [-0.05, 0) is 31.8 Å². The van der Waals surface area contributed by atoms with Crippen LogP contribution in [-0.2, 0) is 11.8 Å². The van der Waals surface area contributed by atoms with Crippen molar-refractivity contribution in [3.05, 3.63) is 0 Å². The van der Waals surface area contributed by atoms with Gasteiger partial charge in [0, 0.05) is 12.5 Å². The standard InChI is InChI=1S/C7H15NS/c1-8-4-3-7(5-8)6-9-2/h7H,3-6H2,1-2H3/p+1/t7-/m0/s1. The van der Waals surface area contributed by atoms with Crippen LogP contribution in [0.4, 0.5) is 0 Å². The lowest BCUT2D eigenvalue weighted by Crippen LogP contribution is -2.15. The molecule has 0 unspecified atom stereocenters. The summed E-state index contributed by atoms with van der Waals surface area (Å²) in [5.41, 5.74) is 0. The van der Waals surface area contributed by atoms with E-state index in [0.717, 1.165) is 5.92 Å². The molecule has 2 heteroatoms. The molecular weight excluding hydrogens is 130 g/mol. The van der Waals surface area contributed by atoms with E-state index in [9.17, 15) is 0 Å². The van der Waals surface area contributed by atoms with Gasteiger partial charge in [-0.1, -0.05) is 0 Å². The summed E-state index contributed by atoms with van der Waals surface area (Å²) in [6.45, 7) is 2.65. The Balaban J connectivity index is 2.14. The molecule has 9 heavy (non-hydrogen) atoms. The van der Waals surface area contributed by atoms with Crippen molar-refractivity contribution in [2.45, 2.75) is 6.42 Å². The van der Waals surface area contributed by atoms with E-state index in [1.807, 2.05) is 0 Å². The van der Waals surface area contributed by atoms with Gasteiger partial charge in [0.1, 0.15) is 5.75 Å². The zero-order chi connectivity index (χ0) is 6.69. The van der Waals surface area contributed by atoms with E-state index in [2.05, 4.69) is 18.2 Å². The van der Waals surface area contributed by atoms with Crippen molar-refractivity contribution in [2.75, 3.05) is 32.1 Å². The third-order valence-corrected chi connectivity index (χ3v) is 2.81. The monoisotopic (exact) mass is 146 g/mol. The van der Waals surface area contributed by atoms with Crippen LogP contribution in [0.25, 0.3) is 0 Å². The molecule has 0 aromatic carbocycles. The molecular formula is C7H16NS+. The van der Waals surface area contributed by atoms with Gasteiger partial charge in [-0.15, -0.1) is 0 Å². The maximum absolute atomic E-state index is 2.43. The predicted octanol–water partition coefficient (Wildman–Crippen LogP) is 0.383. The third-order valence-electron chi connectivity index (χ3n) is 1.93. The molecule has 1 atom stereocenters. The Labute approximate surface area is 61.8 Å². The van der Waals surface area contributed by atoms with Crippen LogP contribution in [0.2, 0.25) is 0 Å². The Kier molecular flexibility index (Phi) is 2.86. The molecule has 1 nitrogen and oxygen atoms in total. The van der Waals surface area contributed by atoms with Crippen molar-refractivity contribution < 1.29 is 0 Å². The molecule has 0 aliphatic carbocycles. The van der Waals surface area contributed by atoms with E-state index < -0.39 is 0 Å². The highest BCUT2D eigenvalue weighted by atomic mass is 32.2. The minimum atomic E-state index is 1.00. The summed E-state index contributed by atoms with van der Waals surface area (Å²) in [5.74, 6) is 2.41. The van der Waals surface area contributed by atoms with Crippen molar-refractivity contribution in [2.24, 2.45) is 5.92 Å². The summed E-state index contributed by atoms with van der Waals surface area (Å²) in [6.07, 6.45) is 3.68. The molecule has 0 amide bonds. The molecule has 1 aliphatic rings. The van der Waals surface area contributed by atoms with E-state index in [-0.39, 0.29) is 0 Å². The van der Waals surface area contributed by atoms with E-state index in [1.54, 1.807) is 11.8 Å². The molecule has 1 rings (SSSR count). The Morgan fingerprint density at radius 3 is 2.89 bits per heavy atom. The van der Waals surface area contributed by atoms with Crippen LogP contribution in [-0.4, -0.2) is 37.0 Å². The largest absolute Gasteiger partial charge is 0.306 e. The summed E-state index contributed by atoms with van der Waals surface area (Å²) in [7, 11) is 2.21. The molecule has 54 valence electrons. The van der Waals surface area contributed by atoms with Gasteiger partial charge in [-0.25, -0.2) is 0 Å². The maximum Gasteiger partial charge on any atom is 0.109 e. The van der Waals surface area contributed by atoms with Crippen LogP contribution in [0.1, 0.15) is 6.42 Å².